The van der Waals surface area contributed by atoms with E-state index in [-0.39, 0.29) is 5.92 Å². The second-order valence-corrected chi connectivity index (χ2v) is 15.6. The lowest BCUT2D eigenvalue weighted by molar-refractivity contribution is 0.662. The van der Waals surface area contributed by atoms with Crippen LogP contribution in [0, 0.1) is 0 Å². The molecular formula is C56H44N4. The Morgan fingerprint density at radius 1 is 0.450 bits per heavy atom. The second-order valence-electron chi connectivity index (χ2n) is 15.6. The Bertz CT molecular complexity index is 2820. The molecule has 60 heavy (non-hydrogen) atoms. The van der Waals surface area contributed by atoms with E-state index in [9.17, 15) is 0 Å². The number of nitrogens with zero attached hydrogens (tertiary/aromatic N) is 3. The lowest BCUT2D eigenvalue weighted by atomic mass is 9.84. The van der Waals surface area contributed by atoms with E-state index in [1.54, 1.807) is 0 Å². The maximum Gasteiger partial charge on any atom is 0.160 e. The molecule has 0 saturated heterocycles. The number of hydrogen-bond donors (Lipinski definition) is 1. The summed E-state index contributed by atoms with van der Waals surface area (Å²) in [5.74, 6) is 1.31. The number of pyridine rings is 1. The third-order valence-electron chi connectivity index (χ3n) is 11.7. The number of hydrogen-bond acceptors (Lipinski definition) is 4. The minimum atomic E-state index is 0.249. The molecule has 0 radical (unpaired) electrons. The van der Waals surface area contributed by atoms with Gasteiger partial charge in [-0.25, -0.2) is 9.97 Å². The van der Waals surface area contributed by atoms with Gasteiger partial charge in [0.25, 0.3) is 0 Å². The molecule has 0 amide bonds. The van der Waals surface area contributed by atoms with Crippen molar-refractivity contribution in [3.05, 3.63) is 229 Å². The highest BCUT2D eigenvalue weighted by molar-refractivity contribution is 5.83. The molecule has 2 aliphatic rings. The van der Waals surface area contributed by atoms with Gasteiger partial charge in [-0.05, 0) is 98.5 Å². The van der Waals surface area contributed by atoms with E-state index in [1.165, 1.54) is 33.4 Å². The minimum absolute atomic E-state index is 0.249. The van der Waals surface area contributed by atoms with Crippen LogP contribution in [-0.2, 0) is 0 Å². The van der Waals surface area contributed by atoms with Gasteiger partial charge in [0.15, 0.2) is 5.82 Å². The van der Waals surface area contributed by atoms with Gasteiger partial charge in [-0.15, -0.1) is 0 Å². The zero-order valence-electron chi connectivity index (χ0n) is 33.3. The van der Waals surface area contributed by atoms with Gasteiger partial charge in [-0.3, -0.25) is 4.98 Å². The number of aromatic nitrogens is 3. The van der Waals surface area contributed by atoms with Crippen molar-refractivity contribution in [2.24, 2.45) is 0 Å². The van der Waals surface area contributed by atoms with Gasteiger partial charge in [0.2, 0.25) is 0 Å². The molecule has 1 N–H and O–H groups in total. The first-order valence-electron chi connectivity index (χ1n) is 20.8. The van der Waals surface area contributed by atoms with Gasteiger partial charge in [0.05, 0.1) is 11.4 Å². The minimum Gasteiger partial charge on any atom is -0.312 e. The Balaban J connectivity index is 1.09. The monoisotopic (exact) mass is 772 g/mol. The number of nitrogens with one attached hydrogen (secondary N) is 1. The van der Waals surface area contributed by atoms with Crippen LogP contribution >= 0.6 is 0 Å². The first-order valence-corrected chi connectivity index (χ1v) is 20.8. The third kappa shape index (κ3) is 8.06. The summed E-state index contributed by atoms with van der Waals surface area (Å²) < 4.78 is 0. The van der Waals surface area contributed by atoms with Gasteiger partial charge in [0.1, 0.15) is 0 Å². The van der Waals surface area contributed by atoms with Crippen molar-refractivity contribution in [3.63, 3.8) is 0 Å². The maximum absolute atomic E-state index is 5.27. The van der Waals surface area contributed by atoms with Gasteiger partial charge in [-0.2, -0.15) is 0 Å². The second kappa shape index (κ2) is 16.9. The van der Waals surface area contributed by atoms with Crippen molar-refractivity contribution in [1.82, 2.24) is 20.3 Å². The Morgan fingerprint density at radius 2 is 1.00 bits per heavy atom. The highest BCUT2D eigenvalue weighted by Crippen LogP contribution is 2.39. The molecule has 0 fully saturated rings. The van der Waals surface area contributed by atoms with Gasteiger partial charge in [-0.1, -0.05) is 164 Å². The average molecular weight is 773 g/mol. The molecule has 8 aromatic rings. The molecule has 3 heterocycles. The first kappa shape index (κ1) is 37.0. The van der Waals surface area contributed by atoms with E-state index in [2.05, 4.69) is 192 Å². The van der Waals surface area contributed by atoms with Crippen LogP contribution < -0.4 is 5.32 Å². The highest BCUT2D eigenvalue weighted by Gasteiger charge is 2.18. The van der Waals surface area contributed by atoms with Crippen LogP contribution in [0.1, 0.15) is 34.9 Å². The van der Waals surface area contributed by atoms with Crippen LogP contribution in [-0.4, -0.2) is 28.0 Å². The molecule has 10 rings (SSSR count). The predicted octanol–water partition coefficient (Wildman–Crippen LogP) is 13.2. The normalized spacial score (nSPS) is 16.0. The summed E-state index contributed by atoms with van der Waals surface area (Å²) in [6.45, 7) is 1.89. The lowest BCUT2D eigenvalue weighted by Crippen LogP contribution is -2.24. The van der Waals surface area contributed by atoms with Crippen LogP contribution in [0.5, 0.6) is 0 Å². The predicted molar refractivity (Wildman–Crippen MR) is 248 cm³/mol. The molecule has 0 spiro atoms. The smallest absolute Gasteiger partial charge is 0.160 e. The summed E-state index contributed by atoms with van der Waals surface area (Å²) in [4.78, 5) is 14.9. The molecule has 2 unspecified atom stereocenters. The Hall–Kier alpha value is -7.27. The summed E-state index contributed by atoms with van der Waals surface area (Å²) in [5.41, 5.74) is 16.8. The van der Waals surface area contributed by atoms with Crippen molar-refractivity contribution in [2.75, 3.05) is 13.1 Å². The van der Waals surface area contributed by atoms with Crippen LogP contribution in [0.2, 0.25) is 0 Å². The van der Waals surface area contributed by atoms with Gasteiger partial charge >= 0.3 is 0 Å². The Morgan fingerprint density at radius 3 is 1.63 bits per heavy atom. The van der Waals surface area contributed by atoms with E-state index in [0.29, 0.717) is 11.7 Å². The van der Waals surface area contributed by atoms with Crippen molar-refractivity contribution >= 4 is 5.57 Å². The Labute approximate surface area is 352 Å². The number of rotatable bonds is 9. The van der Waals surface area contributed by atoms with Crippen molar-refractivity contribution in [3.8, 4) is 67.3 Å². The topological polar surface area (TPSA) is 50.7 Å². The summed E-state index contributed by atoms with van der Waals surface area (Å²) in [5, 5.41) is 3.51. The molecule has 0 bridgehead atoms. The van der Waals surface area contributed by atoms with E-state index in [0.717, 1.165) is 69.8 Å². The zero-order chi connectivity index (χ0) is 40.1. The van der Waals surface area contributed by atoms with Gasteiger partial charge in [0, 0.05) is 54.0 Å². The van der Waals surface area contributed by atoms with E-state index in [4.69, 9.17) is 9.97 Å². The SMILES string of the molecule is C1=CC(c2cccc(-c3cc(-c4cccc(-c5cccc(C6C=CCNC6)c5)c4)cc(-c4nc(-c5ccccc5)cc(-c5ccccc5)n4)c3)c2)CC(c2cccnc2)=C1. The lowest BCUT2D eigenvalue weighted by Gasteiger charge is -2.20. The first-order chi connectivity index (χ1) is 29.7. The molecule has 2 aromatic heterocycles. The van der Waals surface area contributed by atoms with Crippen molar-refractivity contribution in [1.29, 1.82) is 0 Å². The van der Waals surface area contributed by atoms with Gasteiger partial charge < -0.3 is 5.32 Å². The Kier molecular flexibility index (Phi) is 10.4. The summed E-state index contributed by atoms with van der Waals surface area (Å²) in [7, 11) is 0. The maximum atomic E-state index is 5.27. The highest BCUT2D eigenvalue weighted by atomic mass is 14.9. The zero-order valence-corrected chi connectivity index (χ0v) is 33.3. The molecular weight excluding hydrogens is 729 g/mol. The van der Waals surface area contributed by atoms with Crippen LogP contribution in [0.25, 0.3) is 72.9 Å². The van der Waals surface area contributed by atoms with Crippen LogP contribution in [0.4, 0.5) is 0 Å². The van der Waals surface area contributed by atoms with E-state index in [1.807, 2.05) is 30.6 Å². The summed E-state index contributed by atoms with van der Waals surface area (Å²) in [6, 6.07) is 60.9. The molecule has 2 atom stereocenters. The molecule has 6 aromatic carbocycles. The van der Waals surface area contributed by atoms with E-state index < -0.39 is 0 Å². The largest absolute Gasteiger partial charge is 0.312 e. The average Bonchev–Trinajstić information content (AvgIpc) is 3.35. The number of allylic oxidation sites excluding steroid dienone is 4. The molecule has 1 aliphatic carbocycles. The fourth-order valence-corrected chi connectivity index (χ4v) is 8.48. The standard InChI is InChI=1S/C56H44N4/c1-3-13-39(14-4-1)54-36-55(40-15-5-2-6-16-40)60-56(59-54)53-34-51(47-23-9-19-43(31-47)41-17-7-21-45(29-41)49-25-11-27-57-37-49)33-52(35-53)48-24-10-20-44(32-48)42-18-8-22-46(30-42)50-26-12-28-58-38-50/h1-27,30-37,41,50,58H,28-29,38H2. The fourth-order valence-electron chi connectivity index (χ4n) is 8.48. The molecule has 4 nitrogen and oxygen atoms in total. The summed E-state index contributed by atoms with van der Waals surface area (Å²) in [6.07, 6.45) is 16.0. The third-order valence-corrected chi connectivity index (χ3v) is 11.7. The van der Waals surface area contributed by atoms with Crippen molar-refractivity contribution < 1.29 is 0 Å². The quantitative estimate of drug-likeness (QED) is 0.148. The molecule has 288 valence electrons. The van der Waals surface area contributed by atoms with Crippen molar-refractivity contribution in [2.45, 2.75) is 18.3 Å². The van der Waals surface area contributed by atoms with Crippen LogP contribution in [0.15, 0.2) is 213 Å². The molecule has 1 aliphatic heterocycles. The summed E-state index contributed by atoms with van der Waals surface area (Å²) >= 11 is 0. The van der Waals surface area contributed by atoms with Crippen LogP contribution in [0.3, 0.4) is 0 Å². The molecule has 0 saturated carbocycles. The molecule has 4 heteroatoms. The number of benzene rings is 6. The fraction of sp³-hybridized carbons (Fsp3) is 0.0893. The van der Waals surface area contributed by atoms with E-state index >= 15 is 0 Å².